The van der Waals surface area contributed by atoms with Crippen molar-refractivity contribution in [3.63, 3.8) is 0 Å². The molecule has 0 aliphatic heterocycles. The van der Waals surface area contributed by atoms with Crippen LogP contribution in [0.15, 0.2) is 140 Å². The van der Waals surface area contributed by atoms with Gasteiger partial charge in [0.25, 0.3) is 0 Å². The van der Waals surface area contributed by atoms with Gasteiger partial charge in [-0.3, -0.25) is 4.98 Å². The van der Waals surface area contributed by atoms with E-state index >= 15 is 0 Å². The summed E-state index contributed by atoms with van der Waals surface area (Å²) >= 11 is 0. The fraction of sp³-hybridized carbons (Fsp3) is 0. The van der Waals surface area contributed by atoms with Crippen LogP contribution in [0.25, 0.3) is 55.8 Å². The van der Waals surface area contributed by atoms with E-state index in [1.807, 2.05) is 42.9 Å². The largest absolute Gasteiger partial charge is 0.305 e. The van der Waals surface area contributed by atoms with Crippen LogP contribution in [-0.2, 0) is 20.1 Å². The Kier molecular flexibility index (Phi) is 7.46. The van der Waals surface area contributed by atoms with Gasteiger partial charge in [-0.2, -0.15) is 0 Å². The van der Waals surface area contributed by atoms with Gasteiger partial charge in [-0.25, -0.2) is 0 Å². The first-order valence-electron chi connectivity index (χ1n) is 12.0. The normalized spacial score (nSPS) is 10.5. The fourth-order valence-corrected chi connectivity index (χ4v) is 4.50. The summed E-state index contributed by atoms with van der Waals surface area (Å²) in [6.07, 6.45) is 5.50. The number of aromatic nitrogens is 2. The van der Waals surface area contributed by atoms with Crippen LogP contribution in [0.5, 0.6) is 0 Å². The van der Waals surface area contributed by atoms with Crippen molar-refractivity contribution in [1.82, 2.24) is 9.97 Å². The Labute approximate surface area is 231 Å². The maximum Gasteiger partial charge on any atom is 0.0273 e. The molecule has 2 heterocycles. The van der Waals surface area contributed by atoms with Crippen molar-refractivity contribution in [2.45, 2.75) is 0 Å². The third-order valence-corrected chi connectivity index (χ3v) is 6.33. The zero-order chi connectivity index (χ0) is 24.2. The monoisotopic (exact) mass is 652 g/mol. The second-order valence-corrected chi connectivity index (χ2v) is 8.69. The van der Waals surface area contributed by atoms with Gasteiger partial charge in [0.1, 0.15) is 0 Å². The van der Waals surface area contributed by atoms with E-state index in [0.29, 0.717) is 0 Å². The van der Waals surface area contributed by atoms with E-state index in [0.717, 1.165) is 27.9 Å². The summed E-state index contributed by atoms with van der Waals surface area (Å²) in [5, 5.41) is 0. The zero-order valence-corrected chi connectivity index (χ0v) is 22.4. The summed E-state index contributed by atoms with van der Waals surface area (Å²) < 4.78 is 0. The molecule has 179 valence electrons. The molecule has 0 aliphatic rings. The number of benzene rings is 4. The van der Waals surface area contributed by atoms with E-state index in [2.05, 4.69) is 113 Å². The summed E-state index contributed by atoms with van der Waals surface area (Å²) in [6.45, 7) is 0. The molecule has 1 radical (unpaired) electrons. The smallest absolute Gasteiger partial charge is 0.0273 e. The third-order valence-electron chi connectivity index (χ3n) is 6.33. The minimum atomic E-state index is 0. The molecule has 0 unspecified atom stereocenters. The van der Waals surface area contributed by atoms with Gasteiger partial charge in [0.05, 0.1) is 0 Å². The minimum absolute atomic E-state index is 0. The average molecular weight is 652 g/mol. The van der Waals surface area contributed by atoms with Gasteiger partial charge in [0, 0.05) is 38.7 Å². The van der Waals surface area contributed by atoms with Crippen LogP contribution >= 0.6 is 0 Å². The Morgan fingerprint density at radius 1 is 0.432 bits per heavy atom. The first kappa shape index (κ1) is 24.5. The molecule has 6 rings (SSSR count). The minimum Gasteiger partial charge on any atom is -0.305 e. The molecule has 0 spiro atoms. The molecule has 3 heteroatoms. The molecule has 2 aromatic heterocycles. The van der Waals surface area contributed by atoms with Crippen molar-refractivity contribution >= 4 is 0 Å². The standard InChI is InChI=1S/C34H23N2.Ir/c1-2-8-25(9-3-1)31-22-32(26-15-18-35-19-16-26)24-33(23-31)29-12-6-10-27(20-29)28-11-7-13-30(21-28)34-14-4-5-17-36-34;/h1-12,14-24H;/q-1;. The zero-order valence-electron chi connectivity index (χ0n) is 20.0. The fourth-order valence-electron chi connectivity index (χ4n) is 4.50. The predicted molar refractivity (Wildman–Crippen MR) is 148 cm³/mol. The summed E-state index contributed by atoms with van der Waals surface area (Å²) in [4.78, 5) is 8.69. The molecule has 0 aliphatic carbocycles. The van der Waals surface area contributed by atoms with Crippen LogP contribution in [0.2, 0.25) is 0 Å². The van der Waals surface area contributed by atoms with Crippen molar-refractivity contribution in [1.29, 1.82) is 0 Å². The van der Waals surface area contributed by atoms with Crippen LogP contribution in [-0.4, -0.2) is 9.97 Å². The third kappa shape index (κ3) is 5.49. The molecule has 0 saturated carbocycles. The van der Waals surface area contributed by atoms with Gasteiger partial charge in [-0.1, -0.05) is 60.7 Å². The van der Waals surface area contributed by atoms with E-state index in [1.165, 1.54) is 27.8 Å². The second kappa shape index (κ2) is 11.3. The molecule has 0 atom stereocenters. The van der Waals surface area contributed by atoms with Crippen LogP contribution in [0.3, 0.4) is 0 Å². The summed E-state index contributed by atoms with van der Waals surface area (Å²) in [7, 11) is 0. The number of nitrogens with zero attached hydrogens (tertiary/aromatic N) is 2. The molecular formula is C34H23IrN2-. The van der Waals surface area contributed by atoms with Gasteiger partial charge in [-0.15, -0.1) is 35.4 Å². The predicted octanol–water partition coefficient (Wildman–Crippen LogP) is 8.61. The summed E-state index contributed by atoms with van der Waals surface area (Å²) in [6, 6.07) is 45.7. The van der Waals surface area contributed by atoms with Gasteiger partial charge in [0.15, 0.2) is 0 Å². The Balaban J connectivity index is 0.00000280. The van der Waals surface area contributed by atoms with Crippen molar-refractivity contribution in [2.75, 3.05) is 0 Å². The van der Waals surface area contributed by atoms with Crippen molar-refractivity contribution in [3.05, 3.63) is 146 Å². The quantitative estimate of drug-likeness (QED) is 0.175. The maximum absolute atomic E-state index is 4.49. The molecule has 4 aromatic carbocycles. The molecule has 0 bridgehead atoms. The molecule has 6 aromatic rings. The van der Waals surface area contributed by atoms with E-state index in [-0.39, 0.29) is 20.1 Å². The molecule has 0 fully saturated rings. The Morgan fingerprint density at radius 2 is 1.00 bits per heavy atom. The van der Waals surface area contributed by atoms with E-state index in [4.69, 9.17) is 0 Å². The van der Waals surface area contributed by atoms with Crippen molar-refractivity contribution in [3.8, 4) is 55.8 Å². The average Bonchev–Trinajstić information content (AvgIpc) is 2.98. The first-order chi connectivity index (χ1) is 17.8. The van der Waals surface area contributed by atoms with Gasteiger partial charge in [0.2, 0.25) is 0 Å². The number of hydrogen-bond acceptors (Lipinski definition) is 2. The first-order valence-corrected chi connectivity index (χ1v) is 12.0. The molecule has 37 heavy (non-hydrogen) atoms. The molecule has 2 nitrogen and oxygen atoms in total. The number of pyridine rings is 2. The van der Waals surface area contributed by atoms with Crippen molar-refractivity contribution in [2.24, 2.45) is 0 Å². The molecular weight excluding hydrogens is 629 g/mol. The van der Waals surface area contributed by atoms with Gasteiger partial charge in [-0.05, 0) is 87.1 Å². The van der Waals surface area contributed by atoms with Gasteiger partial charge < -0.3 is 4.98 Å². The van der Waals surface area contributed by atoms with Crippen LogP contribution in [0, 0.1) is 6.07 Å². The summed E-state index contributed by atoms with van der Waals surface area (Å²) in [5.41, 5.74) is 11.3. The SMILES string of the molecule is [Ir].[c-]1ccc(-c2cccc(-c3cc(-c4ccccc4)cc(-c4ccncc4)c3)c2)cc1-c1ccccn1. The van der Waals surface area contributed by atoms with Crippen LogP contribution in [0.1, 0.15) is 0 Å². The van der Waals surface area contributed by atoms with Crippen molar-refractivity contribution < 1.29 is 20.1 Å². The van der Waals surface area contributed by atoms with E-state index in [1.54, 1.807) is 0 Å². The molecule has 0 saturated heterocycles. The van der Waals surface area contributed by atoms with Crippen LogP contribution < -0.4 is 0 Å². The second-order valence-electron chi connectivity index (χ2n) is 8.69. The topological polar surface area (TPSA) is 25.8 Å². The molecule has 0 amide bonds. The number of hydrogen-bond donors (Lipinski definition) is 0. The van der Waals surface area contributed by atoms with Crippen LogP contribution in [0.4, 0.5) is 0 Å². The Hall–Kier alpha value is -4.17. The number of rotatable bonds is 5. The Bertz CT molecular complexity index is 1560. The van der Waals surface area contributed by atoms with E-state index < -0.39 is 0 Å². The maximum atomic E-state index is 4.49. The molecule has 0 N–H and O–H groups in total. The Morgan fingerprint density at radius 3 is 1.70 bits per heavy atom. The van der Waals surface area contributed by atoms with E-state index in [9.17, 15) is 0 Å². The summed E-state index contributed by atoms with van der Waals surface area (Å²) in [5.74, 6) is 0. The van der Waals surface area contributed by atoms with Gasteiger partial charge >= 0.3 is 0 Å².